The zero-order chi connectivity index (χ0) is 25.8. The molecule has 3 rings (SSSR count). The summed E-state index contributed by atoms with van der Waals surface area (Å²) in [7, 11) is -4.08. The van der Waals surface area contributed by atoms with Gasteiger partial charge in [0, 0.05) is 22.2 Å². The van der Waals surface area contributed by atoms with Gasteiger partial charge in [-0.3, -0.25) is 9.10 Å². The Morgan fingerprint density at radius 3 is 2.06 bits per heavy atom. The maximum absolute atomic E-state index is 13.6. The van der Waals surface area contributed by atoms with Crippen molar-refractivity contribution in [2.45, 2.75) is 19.1 Å². The Bertz CT molecular complexity index is 1300. The summed E-state index contributed by atoms with van der Waals surface area (Å²) in [4.78, 5) is 12.4. The topological polar surface area (TPSA) is 66.5 Å². The highest BCUT2D eigenvalue weighted by molar-refractivity contribution is 7.92. The van der Waals surface area contributed by atoms with Gasteiger partial charge in [0.25, 0.3) is 5.91 Å². The molecular formula is C24H21Cl2F3N2O3S. The van der Waals surface area contributed by atoms with E-state index in [1.165, 1.54) is 30.3 Å². The van der Waals surface area contributed by atoms with Crippen molar-refractivity contribution in [2.24, 2.45) is 0 Å². The van der Waals surface area contributed by atoms with E-state index in [1.807, 2.05) is 12.1 Å². The molecule has 0 aliphatic heterocycles. The van der Waals surface area contributed by atoms with Gasteiger partial charge in [-0.2, -0.15) is 13.2 Å². The van der Waals surface area contributed by atoms with E-state index in [2.05, 4.69) is 5.32 Å². The van der Waals surface area contributed by atoms with Gasteiger partial charge in [0.1, 0.15) is 0 Å². The molecule has 186 valence electrons. The Hall–Kier alpha value is -2.75. The minimum Gasteiger partial charge on any atom is -0.352 e. The second kappa shape index (κ2) is 10.9. The summed E-state index contributed by atoms with van der Waals surface area (Å²) in [5, 5.41) is 3.24. The number of sulfonamides is 1. The largest absolute Gasteiger partial charge is 0.418 e. The number of amides is 1. The zero-order valence-corrected chi connectivity index (χ0v) is 20.8. The van der Waals surface area contributed by atoms with E-state index in [-0.39, 0.29) is 17.5 Å². The van der Waals surface area contributed by atoms with Gasteiger partial charge < -0.3 is 5.32 Å². The summed E-state index contributed by atoms with van der Waals surface area (Å²) >= 11 is 11.6. The van der Waals surface area contributed by atoms with Gasteiger partial charge in [0.05, 0.1) is 24.1 Å². The summed E-state index contributed by atoms with van der Waals surface area (Å²) in [6.45, 7) is 0.0306. The minimum absolute atomic E-state index is 0.166. The van der Waals surface area contributed by atoms with Gasteiger partial charge in [0.2, 0.25) is 10.0 Å². The number of hydrogen-bond donors (Lipinski definition) is 1. The lowest BCUT2D eigenvalue weighted by Crippen LogP contribution is -2.31. The predicted molar refractivity (Wildman–Crippen MR) is 131 cm³/mol. The number of halogens is 5. The fourth-order valence-corrected chi connectivity index (χ4v) is 4.53. The van der Waals surface area contributed by atoms with Gasteiger partial charge in [-0.15, -0.1) is 0 Å². The van der Waals surface area contributed by atoms with E-state index in [4.69, 9.17) is 23.2 Å². The van der Waals surface area contributed by atoms with Crippen LogP contribution in [0.1, 0.15) is 27.0 Å². The molecule has 3 aromatic rings. The highest BCUT2D eigenvalue weighted by Crippen LogP contribution is 2.39. The second-order valence-electron chi connectivity index (χ2n) is 7.76. The Morgan fingerprint density at radius 1 is 0.914 bits per heavy atom. The summed E-state index contributed by atoms with van der Waals surface area (Å²) in [5.41, 5.74) is 0.0429. The summed E-state index contributed by atoms with van der Waals surface area (Å²) in [6.07, 6.45) is -3.38. The van der Waals surface area contributed by atoms with Gasteiger partial charge in [0.15, 0.2) is 0 Å². The van der Waals surface area contributed by atoms with Crippen LogP contribution in [0.25, 0.3) is 0 Å². The molecule has 0 radical (unpaired) electrons. The Morgan fingerprint density at radius 2 is 1.49 bits per heavy atom. The Labute approximate surface area is 211 Å². The molecule has 3 aromatic carbocycles. The predicted octanol–water partition coefficient (Wildman–Crippen LogP) is 5.95. The molecule has 35 heavy (non-hydrogen) atoms. The first kappa shape index (κ1) is 26.8. The third-order valence-electron chi connectivity index (χ3n) is 5.09. The molecule has 11 heteroatoms. The van der Waals surface area contributed by atoms with E-state index in [0.29, 0.717) is 39.5 Å². The first-order chi connectivity index (χ1) is 16.3. The first-order valence-electron chi connectivity index (χ1n) is 10.3. The maximum Gasteiger partial charge on any atom is 0.418 e. The van der Waals surface area contributed by atoms with Crippen molar-refractivity contribution < 1.29 is 26.4 Å². The van der Waals surface area contributed by atoms with Gasteiger partial charge in [-0.25, -0.2) is 8.42 Å². The van der Waals surface area contributed by atoms with Crippen molar-refractivity contribution in [1.82, 2.24) is 5.32 Å². The third-order valence-corrected chi connectivity index (χ3v) is 6.70. The smallest absolute Gasteiger partial charge is 0.352 e. The zero-order valence-electron chi connectivity index (χ0n) is 18.4. The van der Waals surface area contributed by atoms with Crippen LogP contribution in [0.15, 0.2) is 66.7 Å². The van der Waals surface area contributed by atoms with Crippen molar-refractivity contribution in [3.63, 3.8) is 0 Å². The molecule has 0 aromatic heterocycles. The first-order valence-corrected chi connectivity index (χ1v) is 12.9. The lowest BCUT2D eigenvalue weighted by atomic mass is 10.1. The summed E-state index contributed by atoms with van der Waals surface area (Å²) < 4.78 is 66.1. The van der Waals surface area contributed by atoms with Crippen LogP contribution >= 0.6 is 23.2 Å². The molecule has 0 fully saturated rings. The molecule has 0 aliphatic rings. The van der Waals surface area contributed by atoms with Crippen LogP contribution < -0.4 is 9.62 Å². The number of alkyl halides is 3. The minimum atomic E-state index is -4.81. The fraction of sp³-hybridized carbons (Fsp3) is 0.208. The van der Waals surface area contributed by atoms with E-state index >= 15 is 0 Å². The Kier molecular flexibility index (Phi) is 8.35. The number of carbonyl (C=O) groups is 1. The van der Waals surface area contributed by atoms with E-state index in [0.717, 1.165) is 17.9 Å². The molecule has 1 amide bonds. The molecule has 0 spiro atoms. The molecular weight excluding hydrogens is 524 g/mol. The van der Waals surface area contributed by atoms with Gasteiger partial charge >= 0.3 is 6.18 Å². The normalized spacial score (nSPS) is 11.8. The standard InChI is InChI=1S/C24H21Cl2F3N2O3S/c1-35(33,34)31(22-11-10-20(26)14-21(22)24(27,28)29)15-17-2-6-18(7-3-17)23(32)30-13-12-16-4-8-19(25)9-5-16/h2-11,14H,12-13,15H2,1H3,(H,30,32). The van der Waals surface area contributed by atoms with Crippen molar-refractivity contribution >= 4 is 44.8 Å². The lowest BCUT2D eigenvalue weighted by Gasteiger charge is -2.26. The van der Waals surface area contributed by atoms with Crippen LogP contribution in [-0.4, -0.2) is 27.1 Å². The highest BCUT2D eigenvalue weighted by atomic mass is 35.5. The van der Waals surface area contributed by atoms with Crippen molar-refractivity contribution in [2.75, 3.05) is 17.1 Å². The van der Waals surface area contributed by atoms with E-state index < -0.39 is 27.5 Å². The summed E-state index contributed by atoms with van der Waals surface area (Å²) in [5.74, 6) is -0.331. The number of benzene rings is 3. The van der Waals surface area contributed by atoms with Crippen molar-refractivity contribution in [1.29, 1.82) is 0 Å². The number of rotatable bonds is 8. The Balaban J connectivity index is 1.73. The van der Waals surface area contributed by atoms with Gasteiger partial charge in [-0.05, 0) is 60.0 Å². The number of carbonyl (C=O) groups excluding carboxylic acids is 1. The third kappa shape index (κ3) is 7.37. The number of nitrogens with zero attached hydrogens (tertiary/aromatic N) is 1. The van der Waals surface area contributed by atoms with E-state index in [1.54, 1.807) is 12.1 Å². The van der Waals surface area contributed by atoms with E-state index in [9.17, 15) is 26.4 Å². The molecule has 0 aliphatic carbocycles. The van der Waals surface area contributed by atoms with Gasteiger partial charge in [-0.1, -0.05) is 47.5 Å². The molecule has 5 nitrogen and oxygen atoms in total. The van der Waals surface area contributed by atoms with Crippen molar-refractivity contribution in [3.05, 3.63) is 99.0 Å². The van der Waals surface area contributed by atoms with Crippen LogP contribution in [0.2, 0.25) is 10.0 Å². The van der Waals surface area contributed by atoms with Crippen LogP contribution in [0.5, 0.6) is 0 Å². The fourth-order valence-electron chi connectivity index (χ4n) is 3.33. The average molecular weight is 545 g/mol. The quantitative estimate of drug-likeness (QED) is 0.381. The molecule has 0 atom stereocenters. The molecule has 1 N–H and O–H groups in total. The van der Waals surface area contributed by atoms with Crippen LogP contribution in [-0.2, 0) is 29.2 Å². The molecule has 0 bridgehead atoms. The molecule has 0 heterocycles. The molecule has 0 unspecified atom stereocenters. The average Bonchev–Trinajstić information content (AvgIpc) is 2.78. The highest BCUT2D eigenvalue weighted by Gasteiger charge is 2.37. The number of hydrogen-bond acceptors (Lipinski definition) is 3. The second-order valence-corrected chi connectivity index (χ2v) is 10.5. The monoisotopic (exact) mass is 544 g/mol. The molecule has 0 saturated heterocycles. The van der Waals surface area contributed by atoms with Crippen LogP contribution in [0.3, 0.4) is 0 Å². The molecule has 0 saturated carbocycles. The van der Waals surface area contributed by atoms with Crippen LogP contribution in [0.4, 0.5) is 18.9 Å². The number of nitrogens with one attached hydrogen (secondary N) is 1. The lowest BCUT2D eigenvalue weighted by molar-refractivity contribution is -0.137. The maximum atomic E-state index is 13.6. The number of anilines is 1. The SMILES string of the molecule is CS(=O)(=O)N(Cc1ccc(C(=O)NCCc2ccc(Cl)cc2)cc1)c1ccc(Cl)cc1C(F)(F)F. The summed E-state index contributed by atoms with van der Waals surface area (Å²) in [6, 6.07) is 16.1. The van der Waals surface area contributed by atoms with Crippen molar-refractivity contribution in [3.8, 4) is 0 Å². The van der Waals surface area contributed by atoms with Crippen LogP contribution in [0, 0.1) is 0 Å².